The molecule has 0 fully saturated rings. The van der Waals surface area contributed by atoms with Gasteiger partial charge in [-0.15, -0.1) is 0 Å². The molecule has 3 N–H and O–H groups in total. The molecule has 226 valence electrons. The molecule has 9 heteroatoms. The molecule has 0 spiro atoms. The predicted molar refractivity (Wildman–Crippen MR) is 164 cm³/mol. The number of fused-ring (bicyclic) bond motifs is 1. The van der Waals surface area contributed by atoms with Gasteiger partial charge in [-0.05, 0) is 83.5 Å². The third-order valence-electron chi connectivity index (χ3n) is 7.44. The first-order chi connectivity index (χ1) is 19.7. The van der Waals surface area contributed by atoms with Crippen molar-refractivity contribution in [2.75, 3.05) is 50.5 Å². The first-order valence-corrected chi connectivity index (χ1v) is 14.9. The maximum Gasteiger partial charge on any atom is 0.323 e. The number of amides is 3. The van der Waals surface area contributed by atoms with Gasteiger partial charge >= 0.3 is 6.03 Å². The highest BCUT2D eigenvalue weighted by Crippen LogP contribution is 2.28. The number of aliphatic hydroxyl groups is 1. The molecule has 1 aliphatic rings. The standard InChI is InChI=1S/C32H48N4O5/c1-6-17-35(5)21-30-23(2)20-36(24(3)22-37)31(38)28-19-27(34-32(39)33-26-13-8-7-9-14-26)15-16-29(28)41-25(4)12-10-11-18-40-30/h7-9,13-16,19,23-25,30,37H,6,10-12,17-18,20-22H2,1-5H3,(H2,33,34,39)/t23-,24+,25+,30-/m0/s1. The van der Waals surface area contributed by atoms with Gasteiger partial charge in [-0.3, -0.25) is 4.79 Å². The number of nitrogens with zero attached hydrogens (tertiary/aromatic N) is 2. The Kier molecular flexibility index (Phi) is 12.9. The topological polar surface area (TPSA) is 103 Å². The van der Waals surface area contributed by atoms with E-state index in [1.807, 2.05) is 32.0 Å². The van der Waals surface area contributed by atoms with E-state index in [2.05, 4.69) is 36.4 Å². The van der Waals surface area contributed by atoms with Crippen LogP contribution in [0.1, 0.15) is 63.7 Å². The number of ether oxygens (including phenoxy) is 2. The smallest absolute Gasteiger partial charge is 0.323 e. The largest absolute Gasteiger partial charge is 0.490 e. The Labute approximate surface area is 245 Å². The molecule has 0 saturated carbocycles. The Morgan fingerprint density at radius 1 is 1.12 bits per heavy atom. The minimum Gasteiger partial charge on any atom is -0.490 e. The number of hydrogen-bond donors (Lipinski definition) is 3. The van der Waals surface area contributed by atoms with Crippen LogP contribution in [0.3, 0.4) is 0 Å². The number of likely N-dealkylation sites (N-methyl/N-ethyl adjacent to an activating group) is 1. The lowest BCUT2D eigenvalue weighted by Gasteiger charge is -2.35. The Hall–Kier alpha value is -3.14. The van der Waals surface area contributed by atoms with E-state index in [0.29, 0.717) is 35.8 Å². The number of hydrogen-bond acceptors (Lipinski definition) is 6. The molecule has 0 aromatic heterocycles. The first-order valence-electron chi connectivity index (χ1n) is 14.9. The van der Waals surface area contributed by atoms with E-state index in [0.717, 1.165) is 38.8 Å². The summed E-state index contributed by atoms with van der Waals surface area (Å²) in [7, 11) is 2.10. The summed E-state index contributed by atoms with van der Waals surface area (Å²) in [5.41, 5.74) is 1.48. The van der Waals surface area contributed by atoms with E-state index in [9.17, 15) is 14.7 Å². The average molecular weight is 569 g/mol. The highest BCUT2D eigenvalue weighted by atomic mass is 16.5. The molecule has 0 bridgehead atoms. The fourth-order valence-corrected chi connectivity index (χ4v) is 5.06. The van der Waals surface area contributed by atoms with Gasteiger partial charge < -0.3 is 35.0 Å². The average Bonchev–Trinajstić information content (AvgIpc) is 2.95. The van der Waals surface area contributed by atoms with Crippen LogP contribution < -0.4 is 15.4 Å². The number of aliphatic hydroxyl groups excluding tert-OH is 1. The molecule has 9 nitrogen and oxygen atoms in total. The van der Waals surface area contributed by atoms with Crippen LogP contribution >= 0.6 is 0 Å². The quantitative estimate of drug-likeness (QED) is 0.390. The number of carbonyl (C=O) groups excluding carboxylic acids is 2. The zero-order valence-corrected chi connectivity index (χ0v) is 25.3. The molecule has 0 radical (unpaired) electrons. The van der Waals surface area contributed by atoms with Gasteiger partial charge in [-0.25, -0.2) is 4.79 Å². The van der Waals surface area contributed by atoms with Gasteiger partial charge in [-0.2, -0.15) is 0 Å². The number of anilines is 2. The Balaban J connectivity index is 1.92. The molecule has 4 atom stereocenters. The minimum absolute atomic E-state index is 0.0245. The highest BCUT2D eigenvalue weighted by molar-refractivity contribution is 6.02. The van der Waals surface area contributed by atoms with Crippen LogP contribution in [0.4, 0.5) is 16.2 Å². The Bertz CT molecular complexity index is 1100. The van der Waals surface area contributed by atoms with Crippen molar-refractivity contribution in [2.45, 2.75) is 71.6 Å². The van der Waals surface area contributed by atoms with Gasteiger partial charge in [0.25, 0.3) is 5.91 Å². The van der Waals surface area contributed by atoms with Crippen LogP contribution in [0.25, 0.3) is 0 Å². The monoisotopic (exact) mass is 568 g/mol. The Morgan fingerprint density at radius 2 is 1.85 bits per heavy atom. The molecule has 3 amide bonds. The molecule has 0 unspecified atom stereocenters. The molecule has 0 aliphatic carbocycles. The number of urea groups is 1. The van der Waals surface area contributed by atoms with E-state index in [1.54, 1.807) is 35.2 Å². The SMILES string of the molecule is CCCN(C)C[C@@H]1OCCCC[C@@H](C)Oc2ccc(NC(=O)Nc3ccccc3)cc2C(=O)N([C@H](C)CO)C[C@@H]1C. The van der Waals surface area contributed by atoms with Gasteiger partial charge in [0.05, 0.1) is 30.4 Å². The zero-order valence-electron chi connectivity index (χ0n) is 25.3. The van der Waals surface area contributed by atoms with E-state index in [4.69, 9.17) is 9.47 Å². The predicted octanol–water partition coefficient (Wildman–Crippen LogP) is 5.47. The second-order valence-electron chi connectivity index (χ2n) is 11.2. The van der Waals surface area contributed by atoms with Crippen LogP contribution in [0.2, 0.25) is 0 Å². The summed E-state index contributed by atoms with van der Waals surface area (Å²) in [6, 6.07) is 13.5. The summed E-state index contributed by atoms with van der Waals surface area (Å²) in [5, 5.41) is 15.8. The van der Waals surface area contributed by atoms with Crippen molar-refractivity contribution in [3.63, 3.8) is 0 Å². The summed E-state index contributed by atoms with van der Waals surface area (Å²) in [5.74, 6) is 0.230. The molecule has 1 aliphatic heterocycles. The van der Waals surface area contributed by atoms with E-state index < -0.39 is 12.1 Å². The maximum atomic E-state index is 14.2. The molecular weight excluding hydrogens is 520 g/mol. The lowest BCUT2D eigenvalue weighted by atomic mass is 10.0. The lowest BCUT2D eigenvalue weighted by Crippen LogP contribution is -2.47. The van der Waals surface area contributed by atoms with Gasteiger partial charge in [-0.1, -0.05) is 32.0 Å². The van der Waals surface area contributed by atoms with Crippen molar-refractivity contribution in [3.8, 4) is 5.75 Å². The summed E-state index contributed by atoms with van der Waals surface area (Å²) < 4.78 is 12.7. The molecule has 1 heterocycles. The highest BCUT2D eigenvalue weighted by Gasteiger charge is 2.30. The van der Waals surface area contributed by atoms with E-state index in [-0.39, 0.29) is 30.6 Å². The summed E-state index contributed by atoms with van der Waals surface area (Å²) in [6.45, 7) is 10.7. The zero-order chi connectivity index (χ0) is 29.8. The van der Waals surface area contributed by atoms with Crippen molar-refractivity contribution in [2.24, 2.45) is 5.92 Å². The fourth-order valence-electron chi connectivity index (χ4n) is 5.06. The third kappa shape index (κ3) is 10.0. The lowest BCUT2D eigenvalue weighted by molar-refractivity contribution is -0.0167. The van der Waals surface area contributed by atoms with Crippen LogP contribution in [0.15, 0.2) is 48.5 Å². The van der Waals surface area contributed by atoms with Crippen molar-refractivity contribution >= 4 is 23.3 Å². The van der Waals surface area contributed by atoms with Crippen LogP contribution in [-0.4, -0.2) is 85.0 Å². The van der Waals surface area contributed by atoms with Gasteiger partial charge in [0.2, 0.25) is 0 Å². The summed E-state index contributed by atoms with van der Waals surface area (Å²) in [4.78, 5) is 30.8. The molecule has 41 heavy (non-hydrogen) atoms. The second-order valence-corrected chi connectivity index (χ2v) is 11.2. The van der Waals surface area contributed by atoms with Gasteiger partial charge in [0, 0.05) is 37.0 Å². The normalized spacial score (nSPS) is 21.4. The summed E-state index contributed by atoms with van der Waals surface area (Å²) >= 11 is 0. The van der Waals surface area contributed by atoms with Crippen LogP contribution in [0.5, 0.6) is 5.75 Å². The van der Waals surface area contributed by atoms with E-state index >= 15 is 0 Å². The minimum atomic E-state index is -0.421. The van der Waals surface area contributed by atoms with Crippen LogP contribution in [0, 0.1) is 5.92 Å². The molecule has 2 aromatic rings. The summed E-state index contributed by atoms with van der Waals surface area (Å²) in [6.07, 6.45) is 3.58. The number of carbonyl (C=O) groups is 2. The van der Waals surface area contributed by atoms with Crippen molar-refractivity contribution in [3.05, 3.63) is 54.1 Å². The van der Waals surface area contributed by atoms with Crippen LogP contribution in [-0.2, 0) is 4.74 Å². The van der Waals surface area contributed by atoms with Crippen molar-refractivity contribution in [1.82, 2.24) is 9.80 Å². The van der Waals surface area contributed by atoms with E-state index in [1.165, 1.54) is 0 Å². The molecule has 2 aromatic carbocycles. The first kappa shape index (κ1) is 32.4. The third-order valence-corrected chi connectivity index (χ3v) is 7.44. The number of nitrogens with one attached hydrogen (secondary N) is 2. The second kappa shape index (κ2) is 16.3. The molecule has 0 saturated heterocycles. The number of rotatable bonds is 8. The van der Waals surface area contributed by atoms with Crippen molar-refractivity contribution in [1.29, 1.82) is 0 Å². The maximum absolute atomic E-state index is 14.2. The van der Waals surface area contributed by atoms with Gasteiger partial charge in [0.1, 0.15) is 5.75 Å². The number of benzene rings is 2. The molecular formula is C32H48N4O5. The fraction of sp³-hybridized carbons (Fsp3) is 0.562. The van der Waals surface area contributed by atoms with Gasteiger partial charge in [0.15, 0.2) is 0 Å². The van der Waals surface area contributed by atoms with Crippen molar-refractivity contribution < 1.29 is 24.2 Å². The number of para-hydroxylation sites is 1. The Morgan fingerprint density at radius 3 is 2.56 bits per heavy atom. The molecule has 3 rings (SSSR count).